The fourth-order valence-electron chi connectivity index (χ4n) is 7.64. The molecule has 6 rings (SSSR count). The van der Waals surface area contributed by atoms with Crippen LogP contribution in [-0.2, 0) is 24.5 Å². The van der Waals surface area contributed by atoms with E-state index in [4.69, 9.17) is 9.47 Å². The van der Waals surface area contributed by atoms with E-state index in [0.29, 0.717) is 44.6 Å². The van der Waals surface area contributed by atoms with E-state index in [0.717, 1.165) is 32.1 Å². The molecule has 7 heteroatoms. The van der Waals surface area contributed by atoms with Crippen molar-refractivity contribution in [2.24, 2.45) is 17.3 Å². The molecule has 0 unspecified atom stereocenters. The smallest absolute Gasteiger partial charge is 0.409 e. The summed E-state index contributed by atoms with van der Waals surface area (Å²) < 4.78 is 10.8. The standard InChI is InChI=1S/C28H38N2O5/c1-4-34-26(33)30-9-7-29(8-10-30)24(31)17-35-25(32)28-15-21-12-22(16-28)14-27(13-21,18-28)23-6-5-19(2)20(3)11-23/h5-6,11,21-22H,4,7-10,12-18H2,1-3H3/t21-,22-,27?,28?/m1/s1. The van der Waals surface area contributed by atoms with Crippen molar-refractivity contribution in [3.05, 3.63) is 34.9 Å². The van der Waals surface area contributed by atoms with E-state index in [1.54, 1.807) is 16.7 Å². The summed E-state index contributed by atoms with van der Waals surface area (Å²) in [5, 5.41) is 0. The van der Waals surface area contributed by atoms with Crippen LogP contribution in [0.25, 0.3) is 0 Å². The number of nitrogens with zero attached hydrogens (tertiary/aromatic N) is 2. The highest BCUT2D eigenvalue weighted by Crippen LogP contribution is 2.66. The lowest BCUT2D eigenvalue weighted by Gasteiger charge is -2.61. The average molecular weight is 483 g/mol. The zero-order valence-corrected chi connectivity index (χ0v) is 21.3. The Balaban J connectivity index is 1.22. The Kier molecular flexibility index (Phi) is 6.30. The van der Waals surface area contributed by atoms with Crippen LogP contribution in [-0.4, -0.2) is 67.2 Å². The molecule has 4 aliphatic carbocycles. The molecule has 5 fully saturated rings. The van der Waals surface area contributed by atoms with Crippen molar-refractivity contribution in [1.29, 1.82) is 0 Å². The molecule has 1 aromatic rings. The van der Waals surface area contributed by atoms with Crippen LogP contribution in [0, 0.1) is 31.1 Å². The first-order chi connectivity index (χ1) is 16.7. The summed E-state index contributed by atoms with van der Waals surface area (Å²) >= 11 is 0. The van der Waals surface area contributed by atoms with Gasteiger partial charge in [0.1, 0.15) is 0 Å². The molecule has 2 amide bonds. The highest BCUT2D eigenvalue weighted by Gasteiger charge is 2.61. The molecule has 2 atom stereocenters. The second-order valence-corrected chi connectivity index (χ2v) is 11.5. The van der Waals surface area contributed by atoms with Crippen molar-refractivity contribution in [1.82, 2.24) is 9.80 Å². The highest BCUT2D eigenvalue weighted by molar-refractivity contribution is 5.83. The fraction of sp³-hybridized carbons (Fsp3) is 0.679. The molecule has 0 aromatic heterocycles. The molecule has 0 spiro atoms. The quantitative estimate of drug-likeness (QED) is 0.594. The van der Waals surface area contributed by atoms with Gasteiger partial charge in [-0.2, -0.15) is 0 Å². The van der Waals surface area contributed by atoms with Gasteiger partial charge in [-0.05, 0) is 93.2 Å². The number of esters is 1. The molecule has 0 N–H and O–H groups in total. The average Bonchev–Trinajstić information content (AvgIpc) is 2.83. The minimum Gasteiger partial charge on any atom is -0.455 e. The minimum atomic E-state index is -0.467. The molecule has 1 aromatic carbocycles. The first kappa shape index (κ1) is 24.1. The summed E-state index contributed by atoms with van der Waals surface area (Å²) in [5.74, 6) is 0.739. The minimum absolute atomic E-state index is 0.0506. The number of hydrogen-bond donors (Lipinski definition) is 0. The van der Waals surface area contributed by atoms with Crippen LogP contribution in [0.2, 0.25) is 0 Å². The maximum Gasteiger partial charge on any atom is 0.409 e. The third-order valence-electron chi connectivity index (χ3n) is 9.10. The van der Waals surface area contributed by atoms with Gasteiger partial charge in [0.05, 0.1) is 12.0 Å². The summed E-state index contributed by atoms with van der Waals surface area (Å²) in [6.45, 7) is 7.94. The molecule has 35 heavy (non-hydrogen) atoms. The molecular weight excluding hydrogens is 444 g/mol. The van der Waals surface area contributed by atoms with Gasteiger partial charge in [-0.25, -0.2) is 4.79 Å². The molecule has 1 saturated heterocycles. The van der Waals surface area contributed by atoms with Crippen LogP contribution in [0.15, 0.2) is 18.2 Å². The Hall–Kier alpha value is -2.57. The molecule has 1 aliphatic heterocycles. The van der Waals surface area contributed by atoms with Crippen molar-refractivity contribution < 1.29 is 23.9 Å². The van der Waals surface area contributed by atoms with E-state index < -0.39 is 5.41 Å². The molecule has 1 heterocycles. The second kappa shape index (κ2) is 9.14. The van der Waals surface area contributed by atoms with Gasteiger partial charge in [-0.15, -0.1) is 0 Å². The van der Waals surface area contributed by atoms with E-state index in [1.165, 1.54) is 23.1 Å². The predicted molar refractivity (Wildman–Crippen MR) is 131 cm³/mol. The molecule has 5 aliphatic rings. The number of ether oxygens (including phenoxy) is 2. The number of rotatable bonds is 5. The normalized spacial score (nSPS) is 31.4. The maximum atomic E-state index is 13.5. The SMILES string of the molecule is CCOC(=O)N1CCN(C(=O)COC(=O)C23C[C@@H]4C[C@@H](C2)CC(c2ccc(C)c(C)c2)(C4)C3)CC1. The van der Waals surface area contributed by atoms with Crippen LogP contribution in [0.3, 0.4) is 0 Å². The maximum absolute atomic E-state index is 13.5. The number of carbonyl (C=O) groups is 3. The van der Waals surface area contributed by atoms with Crippen LogP contribution >= 0.6 is 0 Å². The Labute approximate surface area is 208 Å². The number of carbonyl (C=O) groups excluding carboxylic acids is 3. The largest absolute Gasteiger partial charge is 0.455 e. The van der Waals surface area contributed by atoms with E-state index in [-0.39, 0.29) is 30.0 Å². The molecule has 4 saturated carbocycles. The molecule has 0 radical (unpaired) electrons. The Morgan fingerprint density at radius 3 is 2.20 bits per heavy atom. The van der Waals surface area contributed by atoms with E-state index in [1.807, 2.05) is 0 Å². The van der Waals surface area contributed by atoms with E-state index >= 15 is 0 Å². The number of aryl methyl sites for hydroxylation is 2. The topological polar surface area (TPSA) is 76.2 Å². The summed E-state index contributed by atoms with van der Waals surface area (Å²) in [6.07, 6.45) is 5.80. The fourth-order valence-corrected chi connectivity index (χ4v) is 7.64. The highest BCUT2D eigenvalue weighted by atomic mass is 16.6. The van der Waals surface area contributed by atoms with E-state index in [9.17, 15) is 14.4 Å². The second-order valence-electron chi connectivity index (χ2n) is 11.5. The summed E-state index contributed by atoms with van der Waals surface area (Å²) in [5.41, 5.74) is 3.57. The lowest BCUT2D eigenvalue weighted by atomic mass is 9.43. The summed E-state index contributed by atoms with van der Waals surface area (Å²) in [7, 11) is 0. The zero-order valence-electron chi connectivity index (χ0n) is 21.3. The van der Waals surface area contributed by atoms with Crippen molar-refractivity contribution in [3.8, 4) is 0 Å². The summed E-state index contributed by atoms with van der Waals surface area (Å²) in [6, 6.07) is 6.82. The monoisotopic (exact) mass is 482 g/mol. The van der Waals surface area contributed by atoms with Gasteiger partial charge in [-0.1, -0.05) is 18.2 Å². The number of amides is 2. The van der Waals surface area contributed by atoms with E-state index in [2.05, 4.69) is 32.0 Å². The summed E-state index contributed by atoms with van der Waals surface area (Å²) in [4.78, 5) is 41.5. The molecule has 7 nitrogen and oxygen atoms in total. The Morgan fingerprint density at radius 2 is 1.57 bits per heavy atom. The van der Waals surface area contributed by atoms with Gasteiger partial charge in [0.15, 0.2) is 6.61 Å². The Morgan fingerprint density at radius 1 is 0.914 bits per heavy atom. The van der Waals surface area contributed by atoms with Crippen molar-refractivity contribution in [2.75, 3.05) is 39.4 Å². The number of piperazine rings is 1. The van der Waals surface area contributed by atoms with Crippen LogP contribution in [0.4, 0.5) is 4.79 Å². The van der Waals surface area contributed by atoms with Gasteiger partial charge >= 0.3 is 12.1 Å². The lowest BCUT2D eigenvalue weighted by Crippen LogP contribution is -2.57. The van der Waals surface area contributed by atoms with Gasteiger partial charge < -0.3 is 19.3 Å². The Bertz CT molecular complexity index is 999. The lowest BCUT2D eigenvalue weighted by molar-refractivity contribution is -0.177. The van der Waals surface area contributed by atoms with Crippen molar-refractivity contribution in [3.63, 3.8) is 0 Å². The third kappa shape index (κ3) is 4.43. The van der Waals surface area contributed by atoms with Gasteiger partial charge in [0.25, 0.3) is 5.91 Å². The van der Waals surface area contributed by atoms with Crippen LogP contribution in [0.5, 0.6) is 0 Å². The molecular formula is C28H38N2O5. The van der Waals surface area contributed by atoms with Crippen LogP contribution in [0.1, 0.15) is 62.1 Å². The van der Waals surface area contributed by atoms with Gasteiger partial charge in [0, 0.05) is 26.2 Å². The van der Waals surface area contributed by atoms with Crippen molar-refractivity contribution in [2.45, 2.75) is 64.7 Å². The zero-order chi connectivity index (χ0) is 24.8. The first-order valence-corrected chi connectivity index (χ1v) is 13.2. The first-order valence-electron chi connectivity index (χ1n) is 13.2. The van der Waals surface area contributed by atoms with Gasteiger partial charge in [-0.3, -0.25) is 9.59 Å². The van der Waals surface area contributed by atoms with Gasteiger partial charge in [0.2, 0.25) is 0 Å². The predicted octanol–water partition coefficient (Wildman–Crippen LogP) is 3.99. The van der Waals surface area contributed by atoms with Crippen LogP contribution < -0.4 is 0 Å². The number of benzene rings is 1. The van der Waals surface area contributed by atoms with Crippen molar-refractivity contribution >= 4 is 18.0 Å². The third-order valence-corrected chi connectivity index (χ3v) is 9.10. The molecule has 190 valence electrons. The number of hydrogen-bond acceptors (Lipinski definition) is 5. The molecule has 4 bridgehead atoms.